The Morgan fingerprint density at radius 2 is 2.11 bits per heavy atom. The van der Waals surface area contributed by atoms with Crippen molar-refractivity contribution in [2.45, 2.75) is 31.8 Å². The second-order valence-corrected chi connectivity index (χ2v) is 6.69. The van der Waals surface area contributed by atoms with Gasteiger partial charge in [-0.1, -0.05) is 29.8 Å². The fourth-order valence-corrected chi connectivity index (χ4v) is 3.96. The van der Waals surface area contributed by atoms with Gasteiger partial charge >= 0.3 is 0 Å². The standard InChI is InChI=1S/C16H26N2S/c1-13-4-6-14(7-5-13)16(17-2)8-10-18(3)15-9-11-19-12-15/h4-7,15-17H,8-12H2,1-3H3. The first-order valence-corrected chi connectivity index (χ1v) is 8.38. The van der Waals surface area contributed by atoms with E-state index in [-0.39, 0.29) is 0 Å². The quantitative estimate of drug-likeness (QED) is 0.861. The second kappa shape index (κ2) is 7.32. The fourth-order valence-electron chi connectivity index (χ4n) is 2.66. The molecule has 1 fully saturated rings. The molecular weight excluding hydrogens is 252 g/mol. The fraction of sp³-hybridized carbons (Fsp3) is 0.625. The lowest BCUT2D eigenvalue weighted by molar-refractivity contribution is 0.248. The third-order valence-electron chi connectivity index (χ3n) is 4.13. The number of nitrogens with one attached hydrogen (secondary N) is 1. The van der Waals surface area contributed by atoms with E-state index < -0.39 is 0 Å². The second-order valence-electron chi connectivity index (χ2n) is 5.54. The van der Waals surface area contributed by atoms with Crippen LogP contribution in [0.15, 0.2) is 24.3 Å². The molecule has 0 saturated carbocycles. The van der Waals surface area contributed by atoms with Gasteiger partial charge in [-0.15, -0.1) is 0 Å². The molecule has 19 heavy (non-hydrogen) atoms. The third kappa shape index (κ3) is 4.23. The van der Waals surface area contributed by atoms with Gasteiger partial charge in [0, 0.05) is 17.8 Å². The summed E-state index contributed by atoms with van der Waals surface area (Å²) in [6.45, 7) is 3.31. The van der Waals surface area contributed by atoms with Crippen LogP contribution in [-0.2, 0) is 0 Å². The molecule has 0 aliphatic carbocycles. The minimum Gasteiger partial charge on any atom is -0.313 e. The number of aryl methyl sites for hydroxylation is 1. The molecule has 1 aliphatic heterocycles. The summed E-state index contributed by atoms with van der Waals surface area (Å²) in [6.07, 6.45) is 2.53. The van der Waals surface area contributed by atoms with Gasteiger partial charge in [0.25, 0.3) is 0 Å². The summed E-state index contributed by atoms with van der Waals surface area (Å²) in [5.41, 5.74) is 2.74. The molecule has 106 valence electrons. The highest BCUT2D eigenvalue weighted by atomic mass is 32.2. The van der Waals surface area contributed by atoms with Crippen molar-refractivity contribution in [3.63, 3.8) is 0 Å². The van der Waals surface area contributed by atoms with Crippen LogP contribution in [0.1, 0.15) is 30.0 Å². The van der Waals surface area contributed by atoms with Crippen molar-refractivity contribution >= 4 is 11.8 Å². The summed E-state index contributed by atoms with van der Waals surface area (Å²) >= 11 is 2.09. The van der Waals surface area contributed by atoms with E-state index >= 15 is 0 Å². The zero-order valence-electron chi connectivity index (χ0n) is 12.4. The zero-order valence-corrected chi connectivity index (χ0v) is 13.2. The molecule has 1 saturated heterocycles. The minimum atomic E-state index is 0.470. The molecular formula is C16H26N2S. The highest BCUT2D eigenvalue weighted by molar-refractivity contribution is 7.99. The maximum absolute atomic E-state index is 3.45. The van der Waals surface area contributed by atoms with Crippen LogP contribution in [0, 0.1) is 6.92 Å². The van der Waals surface area contributed by atoms with Gasteiger partial charge in [-0.25, -0.2) is 0 Å². The number of rotatable bonds is 6. The van der Waals surface area contributed by atoms with Crippen LogP contribution in [0.4, 0.5) is 0 Å². The van der Waals surface area contributed by atoms with Crippen LogP contribution in [0.5, 0.6) is 0 Å². The molecule has 3 heteroatoms. The normalized spacial score (nSPS) is 20.9. The first kappa shape index (κ1) is 14.9. The average Bonchev–Trinajstić information content (AvgIpc) is 2.95. The van der Waals surface area contributed by atoms with Gasteiger partial charge in [0.15, 0.2) is 0 Å². The van der Waals surface area contributed by atoms with Crippen molar-refractivity contribution in [2.75, 3.05) is 32.1 Å². The molecule has 2 rings (SSSR count). The van der Waals surface area contributed by atoms with E-state index in [9.17, 15) is 0 Å². The monoisotopic (exact) mass is 278 g/mol. The van der Waals surface area contributed by atoms with Crippen LogP contribution in [0.3, 0.4) is 0 Å². The topological polar surface area (TPSA) is 15.3 Å². The van der Waals surface area contributed by atoms with E-state index in [1.807, 2.05) is 0 Å². The molecule has 1 aliphatic rings. The van der Waals surface area contributed by atoms with Gasteiger partial charge in [0.2, 0.25) is 0 Å². The molecule has 0 radical (unpaired) electrons. The Kier molecular flexibility index (Phi) is 5.74. The first-order chi connectivity index (χ1) is 9.20. The van der Waals surface area contributed by atoms with E-state index in [0.717, 1.165) is 6.04 Å². The van der Waals surface area contributed by atoms with Crippen LogP contribution >= 0.6 is 11.8 Å². The van der Waals surface area contributed by atoms with Crippen molar-refractivity contribution in [1.29, 1.82) is 0 Å². The number of hydrogen-bond acceptors (Lipinski definition) is 3. The number of thioether (sulfide) groups is 1. The van der Waals surface area contributed by atoms with Crippen molar-refractivity contribution < 1.29 is 0 Å². The van der Waals surface area contributed by atoms with E-state index in [0.29, 0.717) is 6.04 Å². The lowest BCUT2D eigenvalue weighted by Crippen LogP contribution is -2.34. The van der Waals surface area contributed by atoms with Gasteiger partial charge in [0.1, 0.15) is 0 Å². The smallest absolute Gasteiger partial charge is 0.0329 e. The molecule has 2 atom stereocenters. The van der Waals surface area contributed by atoms with E-state index in [1.54, 1.807) is 0 Å². The zero-order chi connectivity index (χ0) is 13.7. The number of nitrogens with zero attached hydrogens (tertiary/aromatic N) is 1. The Hall–Kier alpha value is -0.510. The molecule has 1 heterocycles. The molecule has 0 amide bonds. The molecule has 1 N–H and O–H groups in total. The maximum atomic E-state index is 3.45. The Morgan fingerprint density at radius 1 is 1.37 bits per heavy atom. The summed E-state index contributed by atoms with van der Waals surface area (Å²) in [5.74, 6) is 2.65. The number of benzene rings is 1. The molecule has 0 bridgehead atoms. The van der Waals surface area contributed by atoms with Gasteiger partial charge in [0.05, 0.1) is 0 Å². The van der Waals surface area contributed by atoms with E-state index in [1.165, 1.54) is 42.0 Å². The molecule has 0 aromatic heterocycles. The van der Waals surface area contributed by atoms with E-state index in [4.69, 9.17) is 0 Å². The summed E-state index contributed by atoms with van der Waals surface area (Å²) in [6, 6.07) is 10.2. The highest BCUT2D eigenvalue weighted by Gasteiger charge is 2.20. The van der Waals surface area contributed by atoms with Crippen molar-refractivity contribution in [1.82, 2.24) is 10.2 Å². The van der Waals surface area contributed by atoms with Crippen molar-refractivity contribution in [2.24, 2.45) is 0 Å². The number of hydrogen-bond donors (Lipinski definition) is 1. The van der Waals surface area contributed by atoms with Crippen LogP contribution in [0.2, 0.25) is 0 Å². The van der Waals surface area contributed by atoms with Crippen LogP contribution in [0.25, 0.3) is 0 Å². The van der Waals surface area contributed by atoms with Crippen molar-refractivity contribution in [3.8, 4) is 0 Å². The largest absolute Gasteiger partial charge is 0.313 e. The molecule has 2 nitrogen and oxygen atoms in total. The predicted molar refractivity (Wildman–Crippen MR) is 86.0 cm³/mol. The van der Waals surface area contributed by atoms with Gasteiger partial charge < -0.3 is 10.2 Å². The lowest BCUT2D eigenvalue weighted by Gasteiger charge is -2.26. The van der Waals surface area contributed by atoms with Crippen LogP contribution in [-0.4, -0.2) is 43.1 Å². The highest BCUT2D eigenvalue weighted by Crippen LogP contribution is 2.23. The van der Waals surface area contributed by atoms with Crippen molar-refractivity contribution in [3.05, 3.63) is 35.4 Å². The molecule has 1 aromatic rings. The molecule has 1 aromatic carbocycles. The maximum Gasteiger partial charge on any atom is 0.0329 e. The lowest BCUT2D eigenvalue weighted by atomic mass is 10.0. The summed E-state index contributed by atoms with van der Waals surface area (Å²) in [5, 5.41) is 3.45. The van der Waals surface area contributed by atoms with Gasteiger partial charge in [-0.05, 0) is 51.7 Å². The third-order valence-corrected chi connectivity index (χ3v) is 5.27. The molecule has 2 unspecified atom stereocenters. The Bertz CT molecular complexity index is 371. The average molecular weight is 278 g/mol. The SMILES string of the molecule is CNC(CCN(C)C1CCSC1)c1ccc(C)cc1. The summed E-state index contributed by atoms with van der Waals surface area (Å²) in [4.78, 5) is 2.54. The van der Waals surface area contributed by atoms with Gasteiger partial charge in [-0.2, -0.15) is 11.8 Å². The van der Waals surface area contributed by atoms with E-state index in [2.05, 4.69) is 67.3 Å². The Balaban J connectivity index is 1.86. The first-order valence-electron chi connectivity index (χ1n) is 7.22. The predicted octanol–water partition coefficient (Wildman–Crippen LogP) is 3.08. The van der Waals surface area contributed by atoms with Gasteiger partial charge in [-0.3, -0.25) is 0 Å². The molecule has 0 spiro atoms. The summed E-state index contributed by atoms with van der Waals surface area (Å²) in [7, 11) is 4.34. The minimum absolute atomic E-state index is 0.470. The van der Waals surface area contributed by atoms with Crippen LogP contribution < -0.4 is 5.32 Å². The summed E-state index contributed by atoms with van der Waals surface area (Å²) < 4.78 is 0. The Labute approximate surface area is 122 Å². The Morgan fingerprint density at radius 3 is 2.68 bits per heavy atom.